The predicted molar refractivity (Wildman–Crippen MR) is 196 cm³/mol. The fourth-order valence-corrected chi connectivity index (χ4v) is 8.03. The Labute approximate surface area is 300 Å². The van der Waals surface area contributed by atoms with Gasteiger partial charge in [-0.15, -0.1) is 11.3 Å². The zero-order valence-corrected chi connectivity index (χ0v) is 29.3. The molecule has 0 saturated carbocycles. The second kappa shape index (κ2) is 17.7. The van der Waals surface area contributed by atoms with E-state index in [4.69, 9.17) is 19.7 Å². The summed E-state index contributed by atoms with van der Waals surface area (Å²) in [6, 6.07) is 32.4. The number of fused-ring (bicyclic) bond motifs is 1. The average molecular weight is 712 g/mol. The molecule has 1 saturated heterocycles. The molecule has 6 rings (SSSR count). The van der Waals surface area contributed by atoms with E-state index in [1.54, 1.807) is 28.6 Å². The number of hydrogen-bond donors (Lipinski definition) is 4. The monoisotopic (exact) mass is 711 g/mol. The van der Waals surface area contributed by atoms with E-state index in [1.165, 1.54) is 4.70 Å². The van der Waals surface area contributed by atoms with E-state index < -0.39 is 12.2 Å². The van der Waals surface area contributed by atoms with Gasteiger partial charge >= 0.3 is 0 Å². The Bertz CT molecular complexity index is 1850. The number of nitrogens with one attached hydrogen (secondary N) is 2. The number of hydroxylamine groups is 1. The van der Waals surface area contributed by atoms with Crippen LogP contribution in [0.1, 0.15) is 73.2 Å². The van der Waals surface area contributed by atoms with Crippen LogP contribution >= 0.6 is 23.1 Å². The Morgan fingerprint density at radius 3 is 2.36 bits per heavy atom. The molecule has 0 unspecified atom stereocenters. The van der Waals surface area contributed by atoms with Crippen molar-refractivity contribution in [2.45, 2.75) is 74.5 Å². The minimum atomic E-state index is -0.576. The number of aromatic nitrogens is 1. The highest BCUT2D eigenvalue weighted by Crippen LogP contribution is 2.41. The number of aliphatic hydroxyl groups is 1. The van der Waals surface area contributed by atoms with Crippen LogP contribution in [0.15, 0.2) is 101 Å². The maximum Gasteiger partial charge on any atom is 0.243 e. The molecule has 3 atom stereocenters. The van der Waals surface area contributed by atoms with Crippen LogP contribution in [0.3, 0.4) is 0 Å². The minimum absolute atomic E-state index is 0.00557. The van der Waals surface area contributed by atoms with Crippen LogP contribution in [0.5, 0.6) is 0 Å². The van der Waals surface area contributed by atoms with E-state index in [-0.39, 0.29) is 31.1 Å². The summed E-state index contributed by atoms with van der Waals surface area (Å²) in [6.45, 7) is 0.410. The van der Waals surface area contributed by atoms with Gasteiger partial charge in [-0.25, -0.2) is 10.5 Å². The van der Waals surface area contributed by atoms with Gasteiger partial charge in [-0.2, -0.15) is 0 Å². The number of aliphatic hydroxyl groups excluding tert-OH is 1. The SMILES string of the molecule is O=C(CCCCCC(=O)NCc1cccc(-c2cccc([C@@H]3O[C@H](CSc4nc5ccccc5s4)C[C@H](c4ccc(CO)cc4)O3)c2)c1)NO. The van der Waals surface area contributed by atoms with Gasteiger partial charge in [-0.1, -0.05) is 91.0 Å². The quantitative estimate of drug-likeness (QED) is 0.0374. The number of rotatable bonds is 15. The van der Waals surface area contributed by atoms with Gasteiger partial charge in [-0.3, -0.25) is 14.8 Å². The smallest absolute Gasteiger partial charge is 0.243 e. The topological polar surface area (TPSA) is 130 Å². The van der Waals surface area contributed by atoms with Crippen LogP contribution in [-0.4, -0.2) is 39.0 Å². The maximum atomic E-state index is 12.4. The molecule has 11 heteroatoms. The van der Waals surface area contributed by atoms with Crippen molar-refractivity contribution in [3.63, 3.8) is 0 Å². The first-order valence-corrected chi connectivity index (χ1v) is 18.7. The van der Waals surface area contributed by atoms with Gasteiger partial charge < -0.3 is 19.9 Å². The molecule has 4 N–H and O–H groups in total. The second-order valence-corrected chi connectivity index (χ2v) is 14.6. The molecule has 1 aliphatic rings. The van der Waals surface area contributed by atoms with Gasteiger partial charge in [0, 0.05) is 37.1 Å². The summed E-state index contributed by atoms with van der Waals surface area (Å²) in [4.78, 5) is 28.4. The van der Waals surface area contributed by atoms with E-state index >= 15 is 0 Å². The molecule has 1 aromatic heterocycles. The Hall–Kier alpha value is -4.10. The number of hydrogen-bond acceptors (Lipinski definition) is 9. The van der Waals surface area contributed by atoms with E-state index in [0.29, 0.717) is 32.2 Å². The summed E-state index contributed by atoms with van der Waals surface area (Å²) >= 11 is 3.41. The minimum Gasteiger partial charge on any atom is -0.392 e. The fourth-order valence-electron chi connectivity index (χ4n) is 5.92. The average Bonchev–Trinajstić information content (AvgIpc) is 3.59. The molecule has 4 aromatic carbocycles. The van der Waals surface area contributed by atoms with E-state index in [2.05, 4.69) is 35.6 Å². The molecule has 260 valence electrons. The third kappa shape index (κ3) is 9.78. The summed E-state index contributed by atoms with van der Waals surface area (Å²) in [5.74, 6) is 0.291. The molecular formula is C39H41N3O6S2. The van der Waals surface area contributed by atoms with Crippen LogP contribution in [-0.2, 0) is 32.2 Å². The van der Waals surface area contributed by atoms with Gasteiger partial charge in [0.25, 0.3) is 0 Å². The van der Waals surface area contributed by atoms with E-state index in [0.717, 1.165) is 55.4 Å². The summed E-state index contributed by atoms with van der Waals surface area (Å²) in [6.07, 6.45) is 2.53. The highest BCUT2D eigenvalue weighted by atomic mass is 32.2. The zero-order valence-electron chi connectivity index (χ0n) is 27.6. The van der Waals surface area contributed by atoms with Crippen LogP contribution in [0.2, 0.25) is 0 Å². The first-order chi connectivity index (χ1) is 24.5. The first kappa shape index (κ1) is 35.7. The van der Waals surface area contributed by atoms with Gasteiger partial charge in [0.05, 0.1) is 29.0 Å². The number of carbonyl (C=O) groups is 2. The number of para-hydroxylation sites is 1. The summed E-state index contributed by atoms with van der Waals surface area (Å²) in [5, 5.41) is 21.1. The molecule has 2 amide bonds. The van der Waals surface area contributed by atoms with Gasteiger partial charge in [-0.05, 0) is 64.9 Å². The number of ether oxygens (including phenoxy) is 2. The third-order valence-corrected chi connectivity index (χ3v) is 10.9. The molecule has 5 aromatic rings. The van der Waals surface area contributed by atoms with Crippen molar-refractivity contribution in [3.8, 4) is 11.1 Å². The third-order valence-electron chi connectivity index (χ3n) is 8.62. The van der Waals surface area contributed by atoms with Crippen LogP contribution < -0.4 is 10.8 Å². The predicted octanol–water partition coefficient (Wildman–Crippen LogP) is 7.87. The van der Waals surface area contributed by atoms with Gasteiger partial charge in [0.15, 0.2) is 10.6 Å². The van der Waals surface area contributed by atoms with Crippen LogP contribution in [0, 0.1) is 0 Å². The molecule has 50 heavy (non-hydrogen) atoms. The highest BCUT2D eigenvalue weighted by molar-refractivity contribution is 8.01. The lowest BCUT2D eigenvalue weighted by Gasteiger charge is -2.36. The molecule has 1 fully saturated rings. The summed E-state index contributed by atoms with van der Waals surface area (Å²) in [7, 11) is 0. The summed E-state index contributed by atoms with van der Waals surface area (Å²) < 4.78 is 15.4. The fraction of sp³-hybridized carbons (Fsp3) is 0.308. The van der Waals surface area contributed by atoms with Crippen molar-refractivity contribution >= 4 is 45.1 Å². The van der Waals surface area contributed by atoms with E-state index in [1.807, 2.05) is 66.7 Å². The lowest BCUT2D eigenvalue weighted by Crippen LogP contribution is -2.31. The maximum absolute atomic E-state index is 12.4. The van der Waals surface area contributed by atoms with Crippen molar-refractivity contribution < 1.29 is 29.4 Å². The molecule has 0 aliphatic carbocycles. The van der Waals surface area contributed by atoms with Crippen LogP contribution in [0.4, 0.5) is 0 Å². The lowest BCUT2D eigenvalue weighted by molar-refractivity contribution is -0.245. The Kier molecular flexibility index (Phi) is 12.7. The number of unbranched alkanes of at least 4 members (excludes halogenated alkanes) is 2. The Morgan fingerprint density at radius 2 is 1.58 bits per heavy atom. The van der Waals surface area contributed by atoms with Gasteiger partial charge in [0.2, 0.25) is 11.8 Å². The van der Waals surface area contributed by atoms with Crippen molar-refractivity contribution in [2.75, 3.05) is 5.75 Å². The number of carbonyl (C=O) groups excluding carboxylic acids is 2. The Morgan fingerprint density at radius 1 is 0.820 bits per heavy atom. The Balaban J connectivity index is 1.12. The lowest BCUT2D eigenvalue weighted by atomic mass is 9.99. The standard InChI is InChI=1S/C39H41N3O6S2/c43-24-26-16-18-28(19-17-26)34-22-32(25-49-39-41-33-12-4-5-13-35(33)50-39)47-38(48-34)31-11-7-10-30(21-31)29-9-6-8-27(20-29)23-40-36(44)14-2-1-3-15-37(45)42-46/h4-13,16-21,32,34,38,43,46H,1-3,14-15,22-25H2,(H,40,44)(H,42,45)/t32-,34+,38+/m0/s1. The van der Waals surface area contributed by atoms with Gasteiger partial charge in [0.1, 0.15) is 0 Å². The molecule has 0 radical (unpaired) electrons. The molecule has 0 spiro atoms. The number of nitrogens with zero attached hydrogens (tertiary/aromatic N) is 1. The number of thioether (sulfide) groups is 1. The normalized spacial score (nSPS) is 17.4. The van der Waals surface area contributed by atoms with Crippen molar-refractivity contribution in [1.82, 2.24) is 15.8 Å². The molecule has 0 bridgehead atoms. The molecule has 1 aliphatic heterocycles. The largest absolute Gasteiger partial charge is 0.392 e. The number of thiazole rings is 1. The van der Waals surface area contributed by atoms with Crippen molar-refractivity contribution in [3.05, 3.63) is 119 Å². The highest BCUT2D eigenvalue weighted by Gasteiger charge is 2.32. The molecular weight excluding hydrogens is 671 g/mol. The molecule has 2 heterocycles. The van der Waals surface area contributed by atoms with Crippen LogP contribution in [0.25, 0.3) is 21.3 Å². The second-order valence-electron chi connectivity index (χ2n) is 12.3. The number of amides is 2. The summed E-state index contributed by atoms with van der Waals surface area (Å²) in [5.41, 5.74) is 8.49. The van der Waals surface area contributed by atoms with E-state index in [9.17, 15) is 14.7 Å². The molecule has 9 nitrogen and oxygen atoms in total. The first-order valence-electron chi connectivity index (χ1n) is 16.9. The van der Waals surface area contributed by atoms with Crippen molar-refractivity contribution in [2.24, 2.45) is 0 Å². The van der Waals surface area contributed by atoms with Crippen molar-refractivity contribution in [1.29, 1.82) is 0 Å². The zero-order chi connectivity index (χ0) is 34.7. The number of benzene rings is 4.